The van der Waals surface area contributed by atoms with Crippen molar-refractivity contribution in [2.45, 2.75) is 45.7 Å². The van der Waals surface area contributed by atoms with Crippen LogP contribution in [0, 0.1) is 0 Å². The van der Waals surface area contributed by atoms with Crippen molar-refractivity contribution in [3.63, 3.8) is 0 Å². The molecule has 1 aromatic heterocycles. The SMILES string of the molecule is CCc1nc(N(CC)C2CC2)sc1CNC. The van der Waals surface area contributed by atoms with Crippen molar-refractivity contribution < 1.29 is 0 Å². The maximum absolute atomic E-state index is 4.78. The van der Waals surface area contributed by atoms with Crippen LogP contribution in [-0.4, -0.2) is 24.6 Å². The summed E-state index contributed by atoms with van der Waals surface area (Å²) in [5, 5.41) is 4.45. The summed E-state index contributed by atoms with van der Waals surface area (Å²) in [6.45, 7) is 6.44. The lowest BCUT2D eigenvalue weighted by molar-refractivity contribution is 0.804. The van der Waals surface area contributed by atoms with Gasteiger partial charge in [0.05, 0.1) is 5.69 Å². The molecule has 1 heterocycles. The third-order valence-electron chi connectivity index (χ3n) is 3.01. The Bertz CT molecular complexity index is 344. The van der Waals surface area contributed by atoms with E-state index in [1.165, 1.54) is 28.5 Å². The second-order valence-electron chi connectivity index (χ2n) is 4.27. The van der Waals surface area contributed by atoms with Crippen LogP contribution < -0.4 is 10.2 Å². The largest absolute Gasteiger partial charge is 0.345 e. The predicted molar refractivity (Wildman–Crippen MR) is 70.3 cm³/mol. The minimum atomic E-state index is 0.767. The molecule has 0 aromatic carbocycles. The number of rotatable bonds is 6. The number of thiazole rings is 1. The van der Waals surface area contributed by atoms with Gasteiger partial charge in [-0.3, -0.25) is 0 Å². The Morgan fingerprint density at radius 2 is 2.19 bits per heavy atom. The van der Waals surface area contributed by atoms with Crippen molar-refractivity contribution in [3.8, 4) is 0 Å². The first-order valence-corrected chi connectivity index (χ1v) is 7.01. The zero-order chi connectivity index (χ0) is 11.5. The zero-order valence-corrected chi connectivity index (χ0v) is 11.2. The van der Waals surface area contributed by atoms with E-state index in [0.717, 1.165) is 25.6 Å². The first kappa shape index (κ1) is 11.9. The van der Waals surface area contributed by atoms with E-state index < -0.39 is 0 Å². The summed E-state index contributed by atoms with van der Waals surface area (Å²) in [5.74, 6) is 0. The molecule has 0 atom stereocenters. The monoisotopic (exact) mass is 239 g/mol. The summed E-state index contributed by atoms with van der Waals surface area (Å²) in [5.41, 5.74) is 1.27. The van der Waals surface area contributed by atoms with Crippen molar-refractivity contribution in [1.82, 2.24) is 10.3 Å². The molecule has 0 aliphatic heterocycles. The molecular formula is C12H21N3S. The second kappa shape index (κ2) is 5.15. The Morgan fingerprint density at radius 1 is 1.44 bits per heavy atom. The molecule has 3 nitrogen and oxygen atoms in total. The van der Waals surface area contributed by atoms with Gasteiger partial charge in [0.15, 0.2) is 5.13 Å². The van der Waals surface area contributed by atoms with Gasteiger partial charge in [-0.2, -0.15) is 0 Å². The summed E-state index contributed by atoms with van der Waals surface area (Å²) in [4.78, 5) is 8.65. The molecule has 2 rings (SSSR count). The number of aryl methyl sites for hydroxylation is 1. The lowest BCUT2D eigenvalue weighted by atomic mass is 10.3. The minimum absolute atomic E-state index is 0.767. The second-order valence-corrected chi connectivity index (χ2v) is 5.33. The molecule has 1 aliphatic carbocycles. The van der Waals surface area contributed by atoms with Crippen LogP contribution >= 0.6 is 11.3 Å². The van der Waals surface area contributed by atoms with Crippen LogP contribution in [0.15, 0.2) is 0 Å². The minimum Gasteiger partial charge on any atom is -0.345 e. The summed E-state index contributed by atoms with van der Waals surface area (Å²) in [7, 11) is 2.00. The molecule has 4 heteroatoms. The van der Waals surface area contributed by atoms with E-state index in [9.17, 15) is 0 Å². The van der Waals surface area contributed by atoms with E-state index in [0.29, 0.717) is 0 Å². The predicted octanol–water partition coefficient (Wildman–Crippen LogP) is 2.41. The summed E-state index contributed by atoms with van der Waals surface area (Å²) >= 11 is 1.86. The topological polar surface area (TPSA) is 28.2 Å². The summed E-state index contributed by atoms with van der Waals surface area (Å²) < 4.78 is 0. The molecule has 0 radical (unpaired) electrons. The van der Waals surface area contributed by atoms with Gasteiger partial charge in [0, 0.05) is 24.0 Å². The molecule has 90 valence electrons. The molecule has 1 N–H and O–H groups in total. The standard InChI is InChI=1S/C12H21N3S/c1-4-10-11(8-13-3)16-12(14-10)15(5-2)9-6-7-9/h9,13H,4-8H2,1-3H3. The highest BCUT2D eigenvalue weighted by Gasteiger charge is 2.30. The van der Waals surface area contributed by atoms with Crippen LogP contribution in [0.1, 0.15) is 37.3 Å². The van der Waals surface area contributed by atoms with Gasteiger partial charge in [-0.25, -0.2) is 4.98 Å². The van der Waals surface area contributed by atoms with Gasteiger partial charge >= 0.3 is 0 Å². The fourth-order valence-corrected chi connectivity index (χ4v) is 3.30. The highest BCUT2D eigenvalue weighted by molar-refractivity contribution is 7.15. The van der Waals surface area contributed by atoms with Gasteiger partial charge in [0.25, 0.3) is 0 Å². The Morgan fingerprint density at radius 3 is 2.69 bits per heavy atom. The van der Waals surface area contributed by atoms with Gasteiger partial charge in [-0.1, -0.05) is 6.92 Å². The molecule has 1 aromatic rings. The zero-order valence-electron chi connectivity index (χ0n) is 10.4. The molecule has 0 amide bonds. The summed E-state index contributed by atoms with van der Waals surface area (Å²) in [6, 6.07) is 0.767. The van der Waals surface area contributed by atoms with Crippen molar-refractivity contribution in [3.05, 3.63) is 10.6 Å². The molecule has 1 aliphatic rings. The van der Waals surface area contributed by atoms with E-state index >= 15 is 0 Å². The molecule has 1 fully saturated rings. The molecule has 0 unspecified atom stereocenters. The van der Waals surface area contributed by atoms with E-state index in [1.54, 1.807) is 0 Å². The average Bonchev–Trinajstić information content (AvgIpc) is 3.03. The third-order valence-corrected chi connectivity index (χ3v) is 4.15. The quantitative estimate of drug-likeness (QED) is 0.826. The van der Waals surface area contributed by atoms with Gasteiger partial charge < -0.3 is 10.2 Å². The number of hydrogen-bond acceptors (Lipinski definition) is 4. The van der Waals surface area contributed by atoms with E-state index in [4.69, 9.17) is 4.98 Å². The molecule has 0 spiro atoms. The Balaban J connectivity index is 2.19. The number of aromatic nitrogens is 1. The fraction of sp³-hybridized carbons (Fsp3) is 0.750. The highest BCUT2D eigenvalue weighted by Crippen LogP contribution is 2.35. The fourth-order valence-electron chi connectivity index (χ4n) is 2.00. The lowest BCUT2D eigenvalue weighted by Gasteiger charge is -2.18. The molecule has 0 bridgehead atoms. The maximum Gasteiger partial charge on any atom is 0.186 e. The Labute approximate surface area is 102 Å². The van der Waals surface area contributed by atoms with Crippen LogP contribution in [0.4, 0.5) is 5.13 Å². The van der Waals surface area contributed by atoms with Crippen molar-refractivity contribution in [2.24, 2.45) is 0 Å². The van der Waals surface area contributed by atoms with Gasteiger partial charge in [-0.05, 0) is 33.2 Å². The Hall–Kier alpha value is -0.610. The molecule has 16 heavy (non-hydrogen) atoms. The van der Waals surface area contributed by atoms with E-state index in [2.05, 4.69) is 24.1 Å². The van der Waals surface area contributed by atoms with Crippen LogP contribution in [-0.2, 0) is 13.0 Å². The maximum atomic E-state index is 4.78. The molecule has 1 saturated carbocycles. The van der Waals surface area contributed by atoms with Crippen molar-refractivity contribution >= 4 is 16.5 Å². The highest BCUT2D eigenvalue weighted by atomic mass is 32.1. The molecular weight excluding hydrogens is 218 g/mol. The van der Waals surface area contributed by atoms with Crippen LogP contribution in [0.25, 0.3) is 0 Å². The number of hydrogen-bond donors (Lipinski definition) is 1. The third kappa shape index (κ3) is 2.38. The number of nitrogens with zero attached hydrogens (tertiary/aromatic N) is 2. The summed E-state index contributed by atoms with van der Waals surface area (Å²) in [6.07, 6.45) is 3.72. The van der Waals surface area contributed by atoms with Crippen molar-refractivity contribution in [2.75, 3.05) is 18.5 Å². The normalized spacial score (nSPS) is 15.4. The van der Waals surface area contributed by atoms with Crippen molar-refractivity contribution in [1.29, 1.82) is 0 Å². The first-order valence-electron chi connectivity index (χ1n) is 6.19. The average molecular weight is 239 g/mol. The van der Waals surface area contributed by atoms with Crippen LogP contribution in [0.5, 0.6) is 0 Å². The lowest BCUT2D eigenvalue weighted by Crippen LogP contribution is -2.24. The van der Waals surface area contributed by atoms with Gasteiger partial charge in [-0.15, -0.1) is 11.3 Å². The number of nitrogens with one attached hydrogen (secondary N) is 1. The van der Waals surface area contributed by atoms with Crippen LogP contribution in [0.2, 0.25) is 0 Å². The van der Waals surface area contributed by atoms with Crippen LogP contribution in [0.3, 0.4) is 0 Å². The first-order chi connectivity index (χ1) is 7.80. The van der Waals surface area contributed by atoms with E-state index in [1.807, 2.05) is 18.4 Å². The van der Waals surface area contributed by atoms with E-state index in [-0.39, 0.29) is 0 Å². The molecule has 0 saturated heterocycles. The Kier molecular flexibility index (Phi) is 3.82. The number of anilines is 1. The van der Waals surface area contributed by atoms with Gasteiger partial charge in [0.1, 0.15) is 0 Å². The van der Waals surface area contributed by atoms with Gasteiger partial charge in [0.2, 0.25) is 0 Å². The smallest absolute Gasteiger partial charge is 0.186 e.